The van der Waals surface area contributed by atoms with Gasteiger partial charge in [0.25, 0.3) is 0 Å². The first-order chi connectivity index (χ1) is 9.84. The standard InChI is InChI=1S/C15H15ClF2O3/c1-4-6-9(15(20)21-5-2)14(19)10-7-11(17)13(18)8(3)12(10)16/h6-7H,4-5H2,1-3H3. The molecule has 0 fully saturated rings. The van der Waals surface area contributed by atoms with Gasteiger partial charge in [-0.2, -0.15) is 0 Å². The lowest BCUT2D eigenvalue weighted by Crippen LogP contribution is -2.17. The molecule has 0 saturated carbocycles. The van der Waals surface area contributed by atoms with E-state index < -0.39 is 23.4 Å². The van der Waals surface area contributed by atoms with Gasteiger partial charge in [0.05, 0.1) is 11.6 Å². The Hall–Kier alpha value is -1.75. The average molecular weight is 317 g/mol. The van der Waals surface area contributed by atoms with E-state index in [2.05, 4.69) is 0 Å². The van der Waals surface area contributed by atoms with Crippen LogP contribution in [-0.2, 0) is 9.53 Å². The fourth-order valence-corrected chi connectivity index (χ4v) is 1.95. The van der Waals surface area contributed by atoms with Crippen LogP contribution in [0.4, 0.5) is 8.78 Å². The zero-order valence-corrected chi connectivity index (χ0v) is 12.7. The van der Waals surface area contributed by atoms with Crippen molar-refractivity contribution in [3.05, 3.63) is 45.5 Å². The molecule has 0 unspecified atom stereocenters. The Labute approximate surface area is 126 Å². The van der Waals surface area contributed by atoms with Gasteiger partial charge in [0.2, 0.25) is 5.78 Å². The van der Waals surface area contributed by atoms with Crippen LogP contribution in [0.15, 0.2) is 17.7 Å². The molecule has 1 aromatic rings. The zero-order valence-electron chi connectivity index (χ0n) is 11.9. The van der Waals surface area contributed by atoms with Crippen molar-refractivity contribution in [2.75, 3.05) is 6.61 Å². The van der Waals surface area contributed by atoms with E-state index in [4.69, 9.17) is 16.3 Å². The molecule has 0 aromatic heterocycles. The topological polar surface area (TPSA) is 43.4 Å². The summed E-state index contributed by atoms with van der Waals surface area (Å²) in [4.78, 5) is 24.1. The van der Waals surface area contributed by atoms with Crippen LogP contribution in [0.5, 0.6) is 0 Å². The maximum Gasteiger partial charge on any atom is 0.341 e. The third kappa shape index (κ3) is 3.67. The monoisotopic (exact) mass is 316 g/mol. The largest absolute Gasteiger partial charge is 0.462 e. The summed E-state index contributed by atoms with van der Waals surface area (Å²) >= 11 is 5.88. The lowest BCUT2D eigenvalue weighted by atomic mass is 10.00. The number of carbonyl (C=O) groups excluding carboxylic acids is 2. The van der Waals surface area contributed by atoms with Gasteiger partial charge in [-0.15, -0.1) is 0 Å². The maximum absolute atomic E-state index is 13.5. The van der Waals surface area contributed by atoms with E-state index in [0.29, 0.717) is 12.5 Å². The number of esters is 1. The molecule has 0 atom stereocenters. The Balaban J connectivity index is 3.35. The lowest BCUT2D eigenvalue weighted by Gasteiger charge is -2.10. The molecular formula is C15H15ClF2O3. The summed E-state index contributed by atoms with van der Waals surface area (Å²) in [5.41, 5.74) is -0.688. The fourth-order valence-electron chi connectivity index (χ4n) is 1.72. The van der Waals surface area contributed by atoms with Gasteiger partial charge in [0, 0.05) is 11.1 Å². The molecule has 0 N–H and O–H groups in total. The Kier molecular flexibility index (Phi) is 6.03. The number of hydrogen-bond acceptors (Lipinski definition) is 3. The van der Waals surface area contributed by atoms with Crippen molar-refractivity contribution in [1.82, 2.24) is 0 Å². The summed E-state index contributed by atoms with van der Waals surface area (Å²) in [7, 11) is 0. The zero-order chi connectivity index (χ0) is 16.2. The van der Waals surface area contributed by atoms with Gasteiger partial charge in [0.1, 0.15) is 5.57 Å². The molecule has 0 aliphatic heterocycles. The Morgan fingerprint density at radius 1 is 1.33 bits per heavy atom. The molecule has 1 rings (SSSR count). The molecule has 114 valence electrons. The quantitative estimate of drug-likeness (QED) is 0.206. The van der Waals surface area contributed by atoms with Crippen molar-refractivity contribution in [3.63, 3.8) is 0 Å². The molecule has 1 aromatic carbocycles. The van der Waals surface area contributed by atoms with Crippen LogP contribution in [0, 0.1) is 18.6 Å². The molecule has 0 bridgehead atoms. The van der Waals surface area contributed by atoms with Gasteiger partial charge < -0.3 is 4.74 Å². The van der Waals surface area contributed by atoms with Crippen LogP contribution < -0.4 is 0 Å². The van der Waals surface area contributed by atoms with Crippen LogP contribution in [0.1, 0.15) is 36.2 Å². The number of rotatable bonds is 5. The molecule has 0 aliphatic rings. The number of ether oxygens (including phenoxy) is 1. The van der Waals surface area contributed by atoms with Crippen LogP contribution in [-0.4, -0.2) is 18.4 Å². The normalized spacial score (nSPS) is 11.4. The SMILES string of the molecule is CCC=C(C(=O)OCC)C(=O)c1cc(F)c(F)c(C)c1Cl. The van der Waals surface area contributed by atoms with E-state index >= 15 is 0 Å². The summed E-state index contributed by atoms with van der Waals surface area (Å²) in [6.45, 7) is 4.67. The Bertz CT molecular complexity index is 609. The third-order valence-electron chi connectivity index (χ3n) is 2.77. The Morgan fingerprint density at radius 2 is 1.95 bits per heavy atom. The van der Waals surface area contributed by atoms with Gasteiger partial charge in [-0.1, -0.05) is 24.6 Å². The van der Waals surface area contributed by atoms with Crippen molar-refractivity contribution in [2.24, 2.45) is 0 Å². The third-order valence-corrected chi connectivity index (χ3v) is 3.26. The van der Waals surface area contributed by atoms with Crippen LogP contribution in [0.25, 0.3) is 0 Å². The van der Waals surface area contributed by atoms with Crippen LogP contribution >= 0.6 is 11.6 Å². The summed E-state index contributed by atoms with van der Waals surface area (Å²) in [5, 5.41) is -0.217. The number of benzene rings is 1. The lowest BCUT2D eigenvalue weighted by molar-refractivity contribution is -0.138. The van der Waals surface area contributed by atoms with Crippen molar-refractivity contribution in [3.8, 4) is 0 Å². The summed E-state index contributed by atoms with van der Waals surface area (Å²) in [6, 6.07) is 0.690. The van der Waals surface area contributed by atoms with E-state index in [9.17, 15) is 18.4 Å². The predicted octanol–water partition coefficient (Wildman–Crippen LogP) is 4.01. The van der Waals surface area contributed by atoms with Crippen molar-refractivity contribution in [1.29, 1.82) is 0 Å². The fraction of sp³-hybridized carbons (Fsp3) is 0.333. The number of ketones is 1. The molecule has 3 nitrogen and oxygen atoms in total. The van der Waals surface area contributed by atoms with E-state index in [1.807, 2.05) is 0 Å². The minimum atomic E-state index is -1.19. The average Bonchev–Trinajstić information content (AvgIpc) is 2.45. The van der Waals surface area contributed by atoms with Gasteiger partial charge in [-0.3, -0.25) is 4.79 Å². The maximum atomic E-state index is 13.5. The van der Waals surface area contributed by atoms with Crippen LogP contribution in [0.3, 0.4) is 0 Å². The first-order valence-electron chi connectivity index (χ1n) is 6.41. The summed E-state index contributed by atoms with van der Waals surface area (Å²) < 4.78 is 31.6. The highest BCUT2D eigenvalue weighted by atomic mass is 35.5. The molecular weight excluding hydrogens is 302 g/mol. The number of hydrogen-bond donors (Lipinski definition) is 0. The molecule has 0 saturated heterocycles. The predicted molar refractivity (Wildman–Crippen MR) is 75.4 cm³/mol. The van der Waals surface area contributed by atoms with Gasteiger partial charge >= 0.3 is 5.97 Å². The van der Waals surface area contributed by atoms with E-state index in [-0.39, 0.29) is 28.3 Å². The molecule has 0 heterocycles. The highest BCUT2D eigenvalue weighted by Crippen LogP contribution is 2.27. The number of carbonyl (C=O) groups is 2. The second-order valence-electron chi connectivity index (χ2n) is 4.23. The summed E-state index contributed by atoms with van der Waals surface area (Å²) in [6.07, 6.45) is 1.77. The smallest absolute Gasteiger partial charge is 0.341 e. The molecule has 0 aliphatic carbocycles. The molecule has 0 amide bonds. The van der Waals surface area contributed by atoms with Gasteiger partial charge in [-0.05, 0) is 26.3 Å². The molecule has 21 heavy (non-hydrogen) atoms. The second-order valence-corrected chi connectivity index (χ2v) is 4.61. The van der Waals surface area contributed by atoms with Gasteiger partial charge in [-0.25, -0.2) is 13.6 Å². The Morgan fingerprint density at radius 3 is 2.48 bits per heavy atom. The molecule has 0 spiro atoms. The van der Waals surface area contributed by atoms with Crippen LogP contribution in [0.2, 0.25) is 5.02 Å². The first kappa shape index (κ1) is 17.3. The highest BCUT2D eigenvalue weighted by Gasteiger charge is 2.25. The number of allylic oxidation sites excluding steroid dienone is 1. The molecule has 6 heteroatoms. The number of halogens is 3. The van der Waals surface area contributed by atoms with Crippen molar-refractivity contribution >= 4 is 23.4 Å². The minimum absolute atomic E-state index is 0.0949. The van der Waals surface area contributed by atoms with Crippen molar-refractivity contribution < 1.29 is 23.1 Å². The van der Waals surface area contributed by atoms with Crippen molar-refractivity contribution in [2.45, 2.75) is 27.2 Å². The number of Topliss-reactive ketones (excluding diaryl/α,β-unsaturated/α-hetero) is 1. The second kappa shape index (κ2) is 7.31. The van der Waals surface area contributed by atoms with E-state index in [1.165, 1.54) is 13.0 Å². The van der Waals surface area contributed by atoms with E-state index in [0.717, 1.165) is 0 Å². The first-order valence-corrected chi connectivity index (χ1v) is 6.78. The highest BCUT2D eigenvalue weighted by molar-refractivity contribution is 6.37. The minimum Gasteiger partial charge on any atom is -0.462 e. The van der Waals surface area contributed by atoms with Gasteiger partial charge in [0.15, 0.2) is 11.6 Å². The summed E-state index contributed by atoms with van der Waals surface area (Å²) in [5.74, 6) is -3.92. The van der Waals surface area contributed by atoms with E-state index in [1.54, 1.807) is 13.8 Å². The molecule has 0 radical (unpaired) electrons.